The number of hydrogen-bond donors (Lipinski definition) is 2. The van der Waals surface area contributed by atoms with Crippen LogP contribution in [-0.2, 0) is 6.42 Å². The minimum Gasteiger partial charge on any atom is -0.495 e. The Bertz CT molecular complexity index is 582. The fourth-order valence-electron chi connectivity index (χ4n) is 1.91. The van der Waals surface area contributed by atoms with E-state index in [9.17, 15) is 4.79 Å². The molecule has 0 aliphatic rings. The van der Waals surface area contributed by atoms with E-state index in [-0.39, 0.29) is 12.5 Å². The van der Waals surface area contributed by atoms with Gasteiger partial charge in [0, 0.05) is 12.2 Å². The summed E-state index contributed by atoms with van der Waals surface area (Å²) < 4.78 is 5.27. The zero-order valence-electron chi connectivity index (χ0n) is 11.3. The molecule has 104 valence electrons. The van der Waals surface area contributed by atoms with Gasteiger partial charge in [0.1, 0.15) is 5.75 Å². The third-order valence-electron chi connectivity index (χ3n) is 2.95. The maximum absolute atomic E-state index is 12.1. The summed E-state index contributed by atoms with van der Waals surface area (Å²) >= 11 is 0. The lowest BCUT2D eigenvalue weighted by Gasteiger charge is -2.11. The highest BCUT2D eigenvalue weighted by atomic mass is 16.5. The average molecular weight is 271 g/mol. The van der Waals surface area contributed by atoms with Crippen LogP contribution in [0.5, 0.6) is 5.75 Å². The summed E-state index contributed by atoms with van der Waals surface area (Å²) in [4.78, 5) is 12.1. The molecule has 2 aromatic carbocycles. The molecule has 2 N–H and O–H groups in total. The number of carbonyl (C=O) groups excluding carboxylic acids is 1. The van der Waals surface area contributed by atoms with Gasteiger partial charge in [-0.25, -0.2) is 0 Å². The van der Waals surface area contributed by atoms with Crippen molar-refractivity contribution in [3.63, 3.8) is 0 Å². The maximum atomic E-state index is 12.1. The summed E-state index contributed by atoms with van der Waals surface area (Å²) in [5.41, 5.74) is 2.17. The monoisotopic (exact) mass is 271 g/mol. The van der Waals surface area contributed by atoms with E-state index in [0.29, 0.717) is 23.4 Å². The molecule has 0 aliphatic carbocycles. The molecule has 0 saturated carbocycles. The molecule has 0 radical (unpaired) electrons. The van der Waals surface area contributed by atoms with Crippen LogP contribution in [0.4, 0.5) is 5.69 Å². The van der Waals surface area contributed by atoms with Crippen molar-refractivity contribution < 1.29 is 14.6 Å². The molecular weight excluding hydrogens is 254 g/mol. The molecule has 0 bridgehead atoms. The quantitative estimate of drug-likeness (QED) is 0.878. The molecule has 0 heterocycles. The fraction of sp³-hybridized carbons (Fsp3) is 0.188. The Balaban J connectivity index is 2.18. The molecule has 0 atom stereocenters. The molecule has 0 spiro atoms. The van der Waals surface area contributed by atoms with Crippen molar-refractivity contribution in [1.29, 1.82) is 0 Å². The van der Waals surface area contributed by atoms with Crippen LogP contribution in [0.1, 0.15) is 15.9 Å². The van der Waals surface area contributed by atoms with Gasteiger partial charge >= 0.3 is 0 Å². The maximum Gasteiger partial charge on any atom is 0.255 e. The first-order chi connectivity index (χ1) is 9.74. The van der Waals surface area contributed by atoms with Crippen molar-refractivity contribution in [3.05, 3.63) is 59.7 Å². The summed E-state index contributed by atoms with van der Waals surface area (Å²) in [6.07, 6.45) is 0.559. The van der Waals surface area contributed by atoms with Gasteiger partial charge in [0.2, 0.25) is 0 Å². The number of anilines is 1. The number of carbonyl (C=O) groups is 1. The predicted molar refractivity (Wildman–Crippen MR) is 78.2 cm³/mol. The van der Waals surface area contributed by atoms with Crippen molar-refractivity contribution >= 4 is 11.6 Å². The van der Waals surface area contributed by atoms with E-state index < -0.39 is 0 Å². The molecule has 0 fully saturated rings. The van der Waals surface area contributed by atoms with Gasteiger partial charge in [0.05, 0.1) is 12.8 Å². The topological polar surface area (TPSA) is 58.6 Å². The number of aliphatic hydroxyl groups excluding tert-OH is 1. The number of hydrogen-bond acceptors (Lipinski definition) is 3. The normalized spacial score (nSPS) is 10.1. The number of nitrogens with one attached hydrogen (secondary N) is 1. The van der Waals surface area contributed by atoms with Gasteiger partial charge < -0.3 is 15.2 Å². The SMILES string of the molecule is COc1cc(CCO)ccc1NC(=O)c1ccccc1. The minimum absolute atomic E-state index is 0.0822. The molecule has 0 saturated heterocycles. The van der Waals surface area contributed by atoms with Crippen LogP contribution < -0.4 is 10.1 Å². The molecule has 0 aromatic heterocycles. The van der Waals surface area contributed by atoms with Crippen molar-refractivity contribution in [2.24, 2.45) is 0 Å². The molecule has 4 heteroatoms. The Labute approximate surface area is 118 Å². The van der Waals surface area contributed by atoms with Crippen molar-refractivity contribution in [2.45, 2.75) is 6.42 Å². The Morgan fingerprint density at radius 1 is 1.20 bits per heavy atom. The van der Waals surface area contributed by atoms with Crippen molar-refractivity contribution in [3.8, 4) is 5.75 Å². The van der Waals surface area contributed by atoms with E-state index >= 15 is 0 Å². The van der Waals surface area contributed by atoms with E-state index in [2.05, 4.69) is 5.32 Å². The van der Waals surface area contributed by atoms with Crippen LogP contribution in [0.25, 0.3) is 0 Å². The van der Waals surface area contributed by atoms with Crippen LogP contribution in [0, 0.1) is 0 Å². The lowest BCUT2D eigenvalue weighted by atomic mass is 10.1. The number of ether oxygens (including phenoxy) is 1. The number of methoxy groups -OCH3 is 1. The van der Waals surface area contributed by atoms with Gasteiger partial charge in [-0.2, -0.15) is 0 Å². The molecule has 1 amide bonds. The number of aliphatic hydroxyl groups is 1. The third-order valence-corrected chi connectivity index (χ3v) is 2.95. The Morgan fingerprint density at radius 2 is 1.95 bits per heavy atom. The summed E-state index contributed by atoms with van der Waals surface area (Å²) in [5.74, 6) is 0.402. The van der Waals surface area contributed by atoms with E-state index in [4.69, 9.17) is 9.84 Å². The van der Waals surface area contributed by atoms with E-state index in [0.717, 1.165) is 5.56 Å². The van der Waals surface area contributed by atoms with Crippen LogP contribution in [0.3, 0.4) is 0 Å². The first kappa shape index (κ1) is 14.1. The summed E-state index contributed by atoms with van der Waals surface area (Å²) in [5, 5.41) is 11.8. The number of benzene rings is 2. The number of rotatable bonds is 5. The van der Waals surface area contributed by atoms with Crippen LogP contribution in [-0.4, -0.2) is 24.7 Å². The van der Waals surface area contributed by atoms with Gasteiger partial charge in [-0.05, 0) is 36.2 Å². The lowest BCUT2D eigenvalue weighted by Crippen LogP contribution is -2.12. The first-order valence-electron chi connectivity index (χ1n) is 6.38. The Kier molecular flexibility index (Phi) is 4.74. The van der Waals surface area contributed by atoms with Crippen molar-refractivity contribution in [2.75, 3.05) is 19.0 Å². The van der Waals surface area contributed by atoms with Crippen LogP contribution in [0.15, 0.2) is 48.5 Å². The molecule has 0 unspecified atom stereocenters. The second-order valence-electron chi connectivity index (χ2n) is 4.33. The highest BCUT2D eigenvalue weighted by molar-refractivity contribution is 6.05. The molecule has 4 nitrogen and oxygen atoms in total. The zero-order chi connectivity index (χ0) is 14.4. The molecule has 2 rings (SSSR count). The van der Waals surface area contributed by atoms with Gasteiger partial charge in [-0.15, -0.1) is 0 Å². The highest BCUT2D eigenvalue weighted by Gasteiger charge is 2.09. The van der Waals surface area contributed by atoms with Crippen LogP contribution in [0.2, 0.25) is 0 Å². The molecule has 0 aliphatic heterocycles. The second kappa shape index (κ2) is 6.73. The first-order valence-corrected chi connectivity index (χ1v) is 6.38. The predicted octanol–water partition coefficient (Wildman–Crippen LogP) is 2.48. The summed E-state index contributed by atoms with van der Waals surface area (Å²) in [7, 11) is 1.55. The lowest BCUT2D eigenvalue weighted by molar-refractivity contribution is 0.102. The van der Waals surface area contributed by atoms with Gasteiger partial charge in [-0.3, -0.25) is 4.79 Å². The highest BCUT2D eigenvalue weighted by Crippen LogP contribution is 2.26. The largest absolute Gasteiger partial charge is 0.495 e. The number of amides is 1. The van der Waals surface area contributed by atoms with E-state index in [1.54, 1.807) is 25.3 Å². The van der Waals surface area contributed by atoms with Gasteiger partial charge in [0.25, 0.3) is 5.91 Å². The average Bonchev–Trinajstić information content (AvgIpc) is 2.50. The minimum atomic E-state index is -0.182. The fourth-order valence-corrected chi connectivity index (χ4v) is 1.91. The summed E-state index contributed by atoms with van der Waals surface area (Å²) in [6, 6.07) is 14.5. The standard InChI is InChI=1S/C16H17NO3/c1-20-15-11-12(9-10-18)7-8-14(15)17-16(19)13-5-3-2-4-6-13/h2-8,11,18H,9-10H2,1H3,(H,17,19). The Hall–Kier alpha value is -2.33. The molecular formula is C16H17NO3. The van der Waals surface area contributed by atoms with Crippen molar-refractivity contribution in [1.82, 2.24) is 0 Å². The smallest absolute Gasteiger partial charge is 0.255 e. The zero-order valence-corrected chi connectivity index (χ0v) is 11.3. The van der Waals surface area contributed by atoms with Gasteiger partial charge in [-0.1, -0.05) is 24.3 Å². The second-order valence-corrected chi connectivity index (χ2v) is 4.33. The van der Waals surface area contributed by atoms with E-state index in [1.807, 2.05) is 30.3 Å². The van der Waals surface area contributed by atoms with Crippen LogP contribution >= 0.6 is 0 Å². The molecule has 20 heavy (non-hydrogen) atoms. The molecule has 2 aromatic rings. The Morgan fingerprint density at radius 3 is 2.60 bits per heavy atom. The van der Waals surface area contributed by atoms with E-state index in [1.165, 1.54) is 0 Å². The third kappa shape index (κ3) is 3.36. The summed E-state index contributed by atoms with van der Waals surface area (Å²) in [6.45, 7) is 0.0822. The van der Waals surface area contributed by atoms with Gasteiger partial charge in [0.15, 0.2) is 0 Å².